The van der Waals surface area contributed by atoms with E-state index in [0.29, 0.717) is 5.92 Å². The summed E-state index contributed by atoms with van der Waals surface area (Å²) < 4.78 is 11.4. The molecule has 0 spiro atoms. The zero-order valence-corrected chi connectivity index (χ0v) is 17.8. The molecule has 0 heterocycles. The fourth-order valence-corrected chi connectivity index (χ4v) is 2.82. The van der Waals surface area contributed by atoms with Crippen LogP contribution in [0, 0.1) is 5.92 Å². The van der Waals surface area contributed by atoms with Gasteiger partial charge in [-0.05, 0) is 46.6 Å². The zero-order chi connectivity index (χ0) is 19.9. The van der Waals surface area contributed by atoms with E-state index < -0.39 is 0 Å². The lowest BCUT2D eigenvalue weighted by atomic mass is 9.87. The smallest absolute Gasteiger partial charge is 0.161 e. The summed E-state index contributed by atoms with van der Waals surface area (Å²) in [6.07, 6.45) is 1.04. The highest BCUT2D eigenvalue weighted by Crippen LogP contribution is 2.28. The van der Waals surface area contributed by atoms with Gasteiger partial charge >= 0.3 is 0 Å². The Kier molecular flexibility index (Phi) is 7.73. The van der Waals surface area contributed by atoms with E-state index >= 15 is 0 Å². The summed E-state index contributed by atoms with van der Waals surface area (Å²) >= 11 is 0. The van der Waals surface area contributed by atoms with Gasteiger partial charge in [0.1, 0.15) is 0 Å². The number of methoxy groups -OCH3 is 1. The molecule has 0 amide bonds. The quantitative estimate of drug-likeness (QED) is 0.614. The summed E-state index contributed by atoms with van der Waals surface area (Å²) in [5, 5.41) is 3.51. The van der Waals surface area contributed by atoms with Crippen LogP contribution in [0.2, 0.25) is 0 Å². The van der Waals surface area contributed by atoms with Crippen molar-refractivity contribution in [1.29, 1.82) is 0 Å². The molecule has 0 atom stereocenters. The Morgan fingerprint density at radius 1 is 0.889 bits per heavy atom. The first-order valence-electron chi connectivity index (χ1n) is 9.89. The minimum Gasteiger partial charge on any atom is -0.493 e. The summed E-state index contributed by atoms with van der Waals surface area (Å²) in [6.45, 7) is 13.5. The molecular weight excluding hydrogens is 334 g/mol. The Bertz CT molecular complexity index is 699. The first-order valence-corrected chi connectivity index (χ1v) is 9.89. The predicted octanol–water partition coefficient (Wildman–Crippen LogP) is 5.71. The molecule has 0 fully saturated rings. The predicted molar refractivity (Wildman–Crippen MR) is 114 cm³/mol. The number of hydrogen-bond donors (Lipinski definition) is 1. The maximum atomic E-state index is 5.86. The van der Waals surface area contributed by atoms with E-state index in [1.165, 1.54) is 16.7 Å². The molecule has 2 aromatic carbocycles. The lowest BCUT2D eigenvalue weighted by Crippen LogP contribution is -2.14. The van der Waals surface area contributed by atoms with Crippen LogP contribution >= 0.6 is 0 Å². The number of hydrogen-bond acceptors (Lipinski definition) is 3. The second-order valence-corrected chi connectivity index (χ2v) is 8.57. The van der Waals surface area contributed by atoms with Gasteiger partial charge in [0.05, 0.1) is 13.7 Å². The van der Waals surface area contributed by atoms with Crippen LogP contribution in [0.15, 0.2) is 42.5 Å². The van der Waals surface area contributed by atoms with Gasteiger partial charge in [-0.1, -0.05) is 65.0 Å². The van der Waals surface area contributed by atoms with Crippen molar-refractivity contribution in [3.05, 3.63) is 59.2 Å². The average Bonchev–Trinajstić information content (AvgIpc) is 2.62. The molecule has 3 nitrogen and oxygen atoms in total. The molecule has 1 N–H and O–H groups in total. The molecule has 148 valence electrons. The third-order valence-corrected chi connectivity index (χ3v) is 4.66. The molecule has 0 unspecified atom stereocenters. The van der Waals surface area contributed by atoms with E-state index in [-0.39, 0.29) is 5.41 Å². The van der Waals surface area contributed by atoms with Crippen LogP contribution in [0.25, 0.3) is 0 Å². The van der Waals surface area contributed by atoms with Crippen LogP contribution in [0.3, 0.4) is 0 Å². The Morgan fingerprint density at radius 3 is 2.11 bits per heavy atom. The average molecular weight is 370 g/mol. The molecule has 2 aromatic rings. The highest BCUT2D eigenvalue weighted by atomic mass is 16.5. The summed E-state index contributed by atoms with van der Waals surface area (Å²) in [6, 6.07) is 15.0. The standard InChI is InChI=1S/C24H35NO2/c1-18(2)13-14-27-22-12-9-20(15-23(22)26-6)17-25-16-19-7-10-21(11-8-19)24(3,4)5/h7-12,15,18,25H,13-14,16-17H2,1-6H3. The minimum atomic E-state index is 0.196. The van der Waals surface area contributed by atoms with Crippen LogP contribution in [0.5, 0.6) is 11.5 Å². The fourth-order valence-electron chi connectivity index (χ4n) is 2.82. The highest BCUT2D eigenvalue weighted by molar-refractivity contribution is 5.43. The monoisotopic (exact) mass is 369 g/mol. The van der Waals surface area contributed by atoms with Gasteiger partial charge in [0.25, 0.3) is 0 Å². The lowest BCUT2D eigenvalue weighted by Gasteiger charge is -2.19. The van der Waals surface area contributed by atoms with Crippen LogP contribution in [-0.2, 0) is 18.5 Å². The second-order valence-electron chi connectivity index (χ2n) is 8.57. The van der Waals surface area contributed by atoms with E-state index in [9.17, 15) is 0 Å². The van der Waals surface area contributed by atoms with Crippen molar-refractivity contribution in [3.8, 4) is 11.5 Å². The van der Waals surface area contributed by atoms with Gasteiger partial charge < -0.3 is 14.8 Å². The van der Waals surface area contributed by atoms with Gasteiger partial charge in [0.15, 0.2) is 11.5 Å². The molecule has 0 aliphatic heterocycles. The molecule has 0 aliphatic rings. The van der Waals surface area contributed by atoms with E-state index in [2.05, 4.69) is 76.3 Å². The van der Waals surface area contributed by atoms with E-state index in [4.69, 9.17) is 9.47 Å². The van der Waals surface area contributed by atoms with Crippen molar-refractivity contribution in [1.82, 2.24) is 5.32 Å². The van der Waals surface area contributed by atoms with Gasteiger partial charge in [0, 0.05) is 13.1 Å². The largest absolute Gasteiger partial charge is 0.493 e. The maximum Gasteiger partial charge on any atom is 0.161 e. The van der Waals surface area contributed by atoms with Crippen molar-refractivity contribution in [2.75, 3.05) is 13.7 Å². The number of rotatable bonds is 9. The molecule has 0 saturated carbocycles. The van der Waals surface area contributed by atoms with Crippen LogP contribution in [-0.4, -0.2) is 13.7 Å². The molecule has 0 aromatic heterocycles. The molecule has 2 rings (SSSR count). The summed E-state index contributed by atoms with van der Waals surface area (Å²) in [5.74, 6) is 2.25. The third kappa shape index (κ3) is 6.91. The number of benzene rings is 2. The summed E-state index contributed by atoms with van der Waals surface area (Å²) in [4.78, 5) is 0. The number of ether oxygens (including phenoxy) is 2. The van der Waals surface area contributed by atoms with Crippen molar-refractivity contribution in [2.45, 2.75) is 59.5 Å². The molecule has 0 saturated heterocycles. The molecule has 3 heteroatoms. The summed E-state index contributed by atoms with van der Waals surface area (Å²) in [7, 11) is 1.69. The zero-order valence-electron chi connectivity index (χ0n) is 17.8. The molecule has 0 bridgehead atoms. The van der Waals surface area contributed by atoms with Gasteiger partial charge in [-0.3, -0.25) is 0 Å². The Labute approximate surface area is 165 Å². The van der Waals surface area contributed by atoms with E-state index in [0.717, 1.165) is 37.6 Å². The molecule has 0 radical (unpaired) electrons. The lowest BCUT2D eigenvalue weighted by molar-refractivity contribution is 0.273. The van der Waals surface area contributed by atoms with Gasteiger partial charge in [-0.25, -0.2) is 0 Å². The van der Waals surface area contributed by atoms with Crippen LogP contribution < -0.4 is 14.8 Å². The van der Waals surface area contributed by atoms with Gasteiger partial charge in [-0.15, -0.1) is 0 Å². The van der Waals surface area contributed by atoms with Gasteiger partial charge in [-0.2, -0.15) is 0 Å². The molecular formula is C24H35NO2. The Hall–Kier alpha value is -2.00. The van der Waals surface area contributed by atoms with E-state index in [1.54, 1.807) is 7.11 Å². The molecule has 0 aliphatic carbocycles. The number of nitrogens with one attached hydrogen (secondary N) is 1. The van der Waals surface area contributed by atoms with Crippen molar-refractivity contribution < 1.29 is 9.47 Å². The van der Waals surface area contributed by atoms with E-state index in [1.807, 2.05) is 6.07 Å². The first-order chi connectivity index (χ1) is 12.8. The SMILES string of the molecule is COc1cc(CNCc2ccc(C(C)(C)C)cc2)ccc1OCCC(C)C. The van der Waals surface area contributed by atoms with Gasteiger partial charge in [0.2, 0.25) is 0 Å². The highest BCUT2D eigenvalue weighted by Gasteiger charge is 2.12. The topological polar surface area (TPSA) is 30.5 Å². The third-order valence-electron chi connectivity index (χ3n) is 4.66. The second kappa shape index (κ2) is 9.80. The Balaban J connectivity index is 1.88. The summed E-state index contributed by atoms with van der Waals surface area (Å²) in [5.41, 5.74) is 4.05. The van der Waals surface area contributed by atoms with Crippen LogP contribution in [0.1, 0.15) is 57.7 Å². The molecule has 27 heavy (non-hydrogen) atoms. The van der Waals surface area contributed by atoms with Crippen LogP contribution in [0.4, 0.5) is 0 Å². The minimum absolute atomic E-state index is 0.196. The maximum absolute atomic E-state index is 5.86. The normalized spacial score (nSPS) is 11.7. The van der Waals surface area contributed by atoms with Crippen molar-refractivity contribution in [3.63, 3.8) is 0 Å². The van der Waals surface area contributed by atoms with Crippen molar-refractivity contribution >= 4 is 0 Å². The fraction of sp³-hybridized carbons (Fsp3) is 0.500. The first kappa shape index (κ1) is 21.3. The Morgan fingerprint density at radius 2 is 1.52 bits per heavy atom. The van der Waals surface area contributed by atoms with Crippen molar-refractivity contribution in [2.24, 2.45) is 5.92 Å².